The Morgan fingerprint density at radius 3 is 1.85 bits per heavy atom. The van der Waals surface area contributed by atoms with Gasteiger partial charge in [-0.15, -0.1) is 0 Å². The first-order chi connectivity index (χ1) is 28.1. The van der Waals surface area contributed by atoms with Gasteiger partial charge in [0.15, 0.2) is 23.0 Å². The Kier molecular flexibility index (Phi) is 12.7. The number of phenols is 2. The van der Waals surface area contributed by atoms with Crippen LogP contribution in [0.25, 0.3) is 21.8 Å². The van der Waals surface area contributed by atoms with E-state index in [-0.39, 0.29) is 72.8 Å². The number of pyridine rings is 2. The molecule has 1 aliphatic carbocycles. The van der Waals surface area contributed by atoms with E-state index in [4.69, 9.17) is 9.73 Å². The van der Waals surface area contributed by atoms with Gasteiger partial charge in [0, 0.05) is 69.7 Å². The van der Waals surface area contributed by atoms with Gasteiger partial charge in [-0.3, -0.25) is 19.8 Å². The molecule has 0 saturated heterocycles. The average molecular weight is 884 g/mol. The number of aliphatic hydroxyl groups is 1. The Labute approximate surface area is 378 Å². The Morgan fingerprint density at radius 2 is 1.31 bits per heavy atom. The maximum atomic E-state index is 11.9. The first kappa shape index (κ1) is 47.8. The number of hydrogen-bond acceptors (Lipinski definition) is 9. The van der Waals surface area contributed by atoms with E-state index in [1.54, 1.807) is 24.5 Å². The van der Waals surface area contributed by atoms with Crippen molar-refractivity contribution in [1.29, 1.82) is 0 Å². The number of ketones is 1. The van der Waals surface area contributed by atoms with E-state index in [0.29, 0.717) is 5.57 Å². The summed E-state index contributed by atoms with van der Waals surface area (Å²) < 4.78 is 6.92. The molecule has 2 unspecified atom stereocenters. The first-order valence-corrected chi connectivity index (χ1v) is 21.1. The second kappa shape index (κ2) is 16.5. The molecule has 2 aliphatic heterocycles. The normalized spacial score (nSPS) is 19.2. The number of nitrogens with zero attached hydrogens (tertiary/aromatic N) is 4. The van der Waals surface area contributed by atoms with Crippen molar-refractivity contribution in [2.75, 3.05) is 11.9 Å². The number of carbonyl (C=O) groups is 1. The zero-order valence-electron chi connectivity index (χ0n) is 39.0. The number of Topliss-reactive ketones (excluding diaryl/α,β-unsaturated/α-hetero) is 1. The molecule has 9 nitrogen and oxygen atoms in total. The number of aliphatic hydroxyl groups excluding tert-OH is 1. The summed E-state index contributed by atoms with van der Waals surface area (Å²) in [5.74, 6) is 0.515. The van der Waals surface area contributed by atoms with E-state index >= 15 is 0 Å². The van der Waals surface area contributed by atoms with E-state index in [2.05, 4.69) is 102 Å². The van der Waals surface area contributed by atoms with Crippen LogP contribution in [0.5, 0.6) is 17.2 Å². The van der Waals surface area contributed by atoms with Crippen LogP contribution in [-0.2, 0) is 37.8 Å². The van der Waals surface area contributed by atoms with Gasteiger partial charge in [-0.1, -0.05) is 113 Å². The van der Waals surface area contributed by atoms with Gasteiger partial charge in [-0.2, -0.15) is 0 Å². The third-order valence-electron chi connectivity index (χ3n) is 12.2. The van der Waals surface area contributed by atoms with Gasteiger partial charge in [-0.25, -0.2) is 0 Å². The zero-order chi connectivity index (χ0) is 45.2. The summed E-state index contributed by atoms with van der Waals surface area (Å²) in [4.78, 5) is 28.2. The van der Waals surface area contributed by atoms with Gasteiger partial charge in [0.2, 0.25) is 11.5 Å². The molecule has 0 amide bonds. The van der Waals surface area contributed by atoms with Crippen molar-refractivity contribution in [2.24, 2.45) is 21.7 Å². The summed E-state index contributed by atoms with van der Waals surface area (Å²) >= 11 is 0. The summed E-state index contributed by atoms with van der Waals surface area (Å²) in [6, 6.07) is 20.0. The monoisotopic (exact) mass is 883 g/mol. The van der Waals surface area contributed by atoms with Gasteiger partial charge in [0.25, 0.3) is 0 Å². The molecule has 4 heterocycles. The van der Waals surface area contributed by atoms with E-state index in [9.17, 15) is 20.1 Å². The van der Waals surface area contributed by atoms with Crippen LogP contribution in [0.15, 0.2) is 102 Å². The van der Waals surface area contributed by atoms with Crippen molar-refractivity contribution in [3.05, 3.63) is 113 Å². The SMILES string of the molecule is CC(C)(C)C1=CC(C(C)(C)C)C=C(O)C1=O.CC(C)(C)c1cc(O)c(O)c(C(C)(C)C)c1.CN1c2ccccc2C(C)(C)C12C=Nc1c(c3cccnc3c3ncccc13)O2.[Co]. The van der Waals surface area contributed by atoms with Gasteiger partial charge >= 0.3 is 0 Å². The molecular weight excluding hydrogens is 820 g/mol. The van der Waals surface area contributed by atoms with Crippen molar-refractivity contribution in [2.45, 2.75) is 119 Å². The largest absolute Gasteiger partial charge is 0.504 e. The van der Waals surface area contributed by atoms with Crippen LogP contribution in [0.4, 0.5) is 11.4 Å². The number of aromatic hydroxyl groups is 2. The summed E-state index contributed by atoms with van der Waals surface area (Å²) in [5.41, 5.74) is 6.03. The maximum absolute atomic E-state index is 11.9. The van der Waals surface area contributed by atoms with Crippen LogP contribution in [0.1, 0.15) is 114 Å². The van der Waals surface area contributed by atoms with Crippen molar-refractivity contribution in [1.82, 2.24) is 9.97 Å². The number of likely N-dealkylation sites (N-methyl/N-ethyl adjacent to an activating group) is 1. The minimum atomic E-state index is -0.720. The van der Waals surface area contributed by atoms with Crippen molar-refractivity contribution in [3.8, 4) is 17.2 Å². The molecule has 8 rings (SSSR count). The number of aliphatic imine (C=N–C) groups is 1. The van der Waals surface area contributed by atoms with E-state index in [1.165, 1.54) is 5.56 Å². The number of carbonyl (C=O) groups excluding carboxylic acids is 1. The summed E-state index contributed by atoms with van der Waals surface area (Å²) in [6.07, 6.45) is 9.22. The molecule has 1 radical (unpaired) electrons. The number of allylic oxidation sites excluding steroid dienone is 3. The van der Waals surface area contributed by atoms with E-state index in [0.717, 1.165) is 50.1 Å². The number of fused-ring (bicyclic) bond motifs is 7. The quantitative estimate of drug-likeness (QED) is 0.104. The van der Waals surface area contributed by atoms with E-state index in [1.807, 2.05) is 84.2 Å². The smallest absolute Gasteiger partial charge is 0.228 e. The van der Waals surface area contributed by atoms with Gasteiger partial charge in [0.05, 0.1) is 17.1 Å². The number of hydrogen-bond donors (Lipinski definition) is 3. The van der Waals surface area contributed by atoms with Crippen molar-refractivity contribution >= 4 is 45.2 Å². The van der Waals surface area contributed by atoms with Crippen LogP contribution in [0, 0.1) is 16.7 Å². The number of rotatable bonds is 0. The molecule has 3 aliphatic rings. The van der Waals surface area contributed by atoms with Crippen molar-refractivity contribution in [3.63, 3.8) is 0 Å². The minimum Gasteiger partial charge on any atom is -0.504 e. The zero-order valence-corrected chi connectivity index (χ0v) is 40.1. The first-order valence-electron chi connectivity index (χ1n) is 21.1. The molecule has 331 valence electrons. The van der Waals surface area contributed by atoms with Crippen LogP contribution < -0.4 is 9.64 Å². The molecule has 0 fully saturated rings. The minimum absolute atomic E-state index is 0. The van der Waals surface area contributed by atoms with Crippen LogP contribution >= 0.6 is 0 Å². The number of phenolic OH excluding ortho intramolecular Hbond substituents is 2. The Balaban J connectivity index is 0.000000190. The van der Waals surface area contributed by atoms with Gasteiger partial charge in [-0.05, 0) is 89.1 Å². The third-order valence-corrected chi connectivity index (χ3v) is 12.2. The van der Waals surface area contributed by atoms with Gasteiger partial charge < -0.3 is 25.0 Å². The molecule has 5 aromatic rings. The maximum Gasteiger partial charge on any atom is 0.228 e. The summed E-state index contributed by atoms with van der Waals surface area (Å²) in [7, 11) is 2.08. The molecule has 3 N–H and O–H groups in total. The molecule has 0 bridgehead atoms. The molecular formula is C52H64CoN4O5. The Bertz CT molecular complexity index is 2620. The Morgan fingerprint density at radius 1 is 0.726 bits per heavy atom. The number of para-hydroxylation sites is 1. The number of anilines is 1. The van der Waals surface area contributed by atoms with Crippen LogP contribution in [0.2, 0.25) is 0 Å². The fraction of sp³-hybridized carbons (Fsp3) is 0.423. The molecule has 1 spiro atoms. The second-order valence-electron chi connectivity index (χ2n) is 21.2. The number of ether oxygens (including phenoxy) is 1. The second-order valence-corrected chi connectivity index (χ2v) is 21.2. The molecule has 2 atom stereocenters. The molecule has 0 saturated carbocycles. The van der Waals surface area contributed by atoms with E-state index < -0.39 is 5.72 Å². The fourth-order valence-electron chi connectivity index (χ4n) is 8.31. The Hall–Kier alpha value is -5.19. The molecule has 3 aromatic carbocycles. The van der Waals surface area contributed by atoms with Crippen LogP contribution in [-0.4, -0.2) is 50.1 Å². The van der Waals surface area contributed by atoms with Crippen molar-refractivity contribution < 1.29 is 41.6 Å². The van der Waals surface area contributed by atoms with Crippen LogP contribution in [0.3, 0.4) is 0 Å². The molecule has 10 heteroatoms. The molecule has 62 heavy (non-hydrogen) atoms. The summed E-state index contributed by atoms with van der Waals surface area (Å²) in [5, 5.41) is 31.2. The average Bonchev–Trinajstić information content (AvgIpc) is 3.33. The molecule has 2 aromatic heterocycles. The number of benzene rings is 3. The third kappa shape index (κ3) is 8.60. The standard InChI is InChI=1S/C24H20N4O.2C14H22O2.Co/c1-23(2)17-10-4-5-11-18(17)28(3)24(23)14-27-21-15-8-6-12-25-19(15)20-16(22(21)29-24)9-7-13-26-20;2*1-13(2,3)9-7-10(14(4,5)6)12(16)11(15)8-9;/h4-14H,1-3H3;7-8,15-16H,1-6H3;7-9,15H,1-6H3;. The fourth-order valence-corrected chi connectivity index (χ4v) is 8.31. The van der Waals surface area contributed by atoms with Gasteiger partial charge in [0.1, 0.15) is 11.2 Å². The summed E-state index contributed by atoms with van der Waals surface area (Å²) in [6.45, 7) is 29.1. The predicted octanol–water partition coefficient (Wildman–Crippen LogP) is 12.3. The topological polar surface area (TPSA) is 128 Å². The number of aromatic nitrogens is 2. The predicted molar refractivity (Wildman–Crippen MR) is 250 cm³/mol.